The highest BCUT2D eigenvalue weighted by atomic mass is 16.5. The Kier molecular flexibility index (Phi) is 5.91. The molecule has 140 valence electrons. The summed E-state index contributed by atoms with van der Waals surface area (Å²) in [6, 6.07) is 17.4. The Morgan fingerprint density at radius 1 is 1.11 bits per heavy atom. The highest BCUT2D eigenvalue weighted by Gasteiger charge is 2.18. The maximum Gasteiger partial charge on any atom is 0.228 e. The van der Waals surface area contributed by atoms with Crippen molar-refractivity contribution in [3.05, 3.63) is 65.9 Å². The van der Waals surface area contributed by atoms with Crippen LogP contribution in [-0.4, -0.2) is 23.2 Å². The molecule has 0 aliphatic rings. The Balaban J connectivity index is 1.88. The summed E-state index contributed by atoms with van der Waals surface area (Å²) in [5.74, 6) is 1.17. The van der Waals surface area contributed by atoms with Crippen LogP contribution in [-0.2, 0) is 17.6 Å². The van der Waals surface area contributed by atoms with E-state index in [2.05, 4.69) is 29.4 Å². The largest absolute Gasteiger partial charge is 0.497 e. The molecular weight excluding hydrogens is 338 g/mol. The lowest BCUT2D eigenvalue weighted by Crippen LogP contribution is -2.16. The fourth-order valence-electron chi connectivity index (χ4n) is 2.99. The van der Waals surface area contributed by atoms with Gasteiger partial charge >= 0.3 is 0 Å². The normalized spacial score (nSPS) is 10.8. The first-order valence-electron chi connectivity index (χ1n) is 9.12. The number of hydrogen-bond acceptors (Lipinski definition) is 3. The number of nitrogens with zero attached hydrogens (tertiary/aromatic N) is 1. The number of carbonyl (C=O) groups excluding carboxylic acids is 1. The average molecular weight is 363 g/mol. The molecule has 0 fully saturated rings. The summed E-state index contributed by atoms with van der Waals surface area (Å²) in [6.07, 6.45) is 1.14. The van der Waals surface area contributed by atoms with Crippen molar-refractivity contribution in [2.45, 2.75) is 26.7 Å². The van der Waals surface area contributed by atoms with Crippen molar-refractivity contribution in [3.8, 4) is 17.0 Å². The molecule has 5 nitrogen and oxygen atoms in total. The van der Waals surface area contributed by atoms with Gasteiger partial charge in [-0.3, -0.25) is 9.89 Å². The molecule has 2 aromatic carbocycles. The molecule has 0 spiro atoms. The second-order valence-electron chi connectivity index (χ2n) is 6.96. The van der Waals surface area contributed by atoms with E-state index < -0.39 is 0 Å². The van der Waals surface area contributed by atoms with Gasteiger partial charge in [-0.15, -0.1) is 0 Å². The second kappa shape index (κ2) is 8.54. The summed E-state index contributed by atoms with van der Waals surface area (Å²) in [6.45, 7) is 4.28. The van der Waals surface area contributed by atoms with E-state index in [9.17, 15) is 4.79 Å². The van der Waals surface area contributed by atoms with Crippen LogP contribution in [0.1, 0.15) is 25.1 Å². The maximum absolute atomic E-state index is 12.6. The van der Waals surface area contributed by atoms with Gasteiger partial charge in [0.15, 0.2) is 0 Å². The van der Waals surface area contributed by atoms with Crippen LogP contribution in [0.25, 0.3) is 11.3 Å². The number of benzene rings is 2. The number of H-pyrrole nitrogens is 1. The molecule has 0 saturated heterocycles. The molecule has 27 heavy (non-hydrogen) atoms. The van der Waals surface area contributed by atoms with E-state index in [0.29, 0.717) is 12.3 Å². The lowest BCUT2D eigenvalue weighted by atomic mass is 10.0. The molecule has 1 heterocycles. The predicted octanol–water partition coefficient (Wildman–Crippen LogP) is 4.47. The lowest BCUT2D eigenvalue weighted by Gasteiger charge is -2.10. The molecule has 0 saturated carbocycles. The van der Waals surface area contributed by atoms with Crippen LogP contribution in [0.4, 0.5) is 5.69 Å². The van der Waals surface area contributed by atoms with Crippen molar-refractivity contribution < 1.29 is 9.53 Å². The van der Waals surface area contributed by atoms with Crippen molar-refractivity contribution in [2.75, 3.05) is 12.4 Å². The number of anilines is 1. The van der Waals surface area contributed by atoms with Crippen LogP contribution < -0.4 is 10.1 Å². The third kappa shape index (κ3) is 4.76. The van der Waals surface area contributed by atoms with Gasteiger partial charge in [0.2, 0.25) is 5.91 Å². The molecule has 5 heteroatoms. The van der Waals surface area contributed by atoms with E-state index in [-0.39, 0.29) is 5.91 Å². The van der Waals surface area contributed by atoms with Crippen molar-refractivity contribution >= 4 is 11.6 Å². The molecule has 2 N–H and O–H groups in total. The number of rotatable bonds is 7. The number of nitrogens with one attached hydrogen (secondary N) is 2. The van der Waals surface area contributed by atoms with Gasteiger partial charge in [-0.1, -0.05) is 44.2 Å². The van der Waals surface area contributed by atoms with Gasteiger partial charge in [-0.05, 0) is 42.2 Å². The van der Waals surface area contributed by atoms with Crippen LogP contribution in [0.5, 0.6) is 5.75 Å². The lowest BCUT2D eigenvalue weighted by molar-refractivity contribution is -0.115. The number of aromatic amines is 1. The summed E-state index contributed by atoms with van der Waals surface area (Å²) in [7, 11) is 1.64. The molecular formula is C22H25N3O2. The minimum absolute atomic E-state index is 0.0534. The van der Waals surface area contributed by atoms with Gasteiger partial charge in [-0.2, -0.15) is 5.10 Å². The Bertz CT molecular complexity index is 884. The summed E-state index contributed by atoms with van der Waals surface area (Å²) in [4.78, 5) is 12.6. The maximum atomic E-state index is 12.6. The second-order valence-corrected chi connectivity index (χ2v) is 6.96. The molecule has 0 bridgehead atoms. The first kappa shape index (κ1) is 18.7. The van der Waals surface area contributed by atoms with Crippen LogP contribution in [0, 0.1) is 5.92 Å². The monoisotopic (exact) mass is 363 g/mol. The minimum atomic E-state index is -0.0534. The Labute approximate surface area is 159 Å². The van der Waals surface area contributed by atoms with Crippen molar-refractivity contribution in [1.82, 2.24) is 10.2 Å². The fourth-order valence-corrected chi connectivity index (χ4v) is 2.99. The average Bonchev–Trinajstić information content (AvgIpc) is 3.04. The predicted molar refractivity (Wildman–Crippen MR) is 108 cm³/mol. The van der Waals surface area contributed by atoms with Crippen molar-refractivity contribution in [3.63, 3.8) is 0 Å². The summed E-state index contributed by atoms with van der Waals surface area (Å²) in [5, 5.41) is 10.7. The van der Waals surface area contributed by atoms with Crippen LogP contribution in [0.2, 0.25) is 0 Å². The van der Waals surface area contributed by atoms with E-state index >= 15 is 0 Å². The number of aromatic nitrogens is 2. The van der Waals surface area contributed by atoms with E-state index in [4.69, 9.17) is 4.74 Å². The van der Waals surface area contributed by atoms with E-state index in [0.717, 1.165) is 40.4 Å². The molecule has 0 atom stereocenters. The summed E-state index contributed by atoms with van der Waals surface area (Å²) in [5.41, 5.74) is 4.36. The number of amides is 1. The SMILES string of the molecule is COc1ccc(-c2n[nH]c(CC(C)C)c2NC(=O)Cc2ccccc2)cc1. The zero-order chi connectivity index (χ0) is 19.2. The molecule has 0 unspecified atom stereocenters. The zero-order valence-corrected chi connectivity index (χ0v) is 16.0. The number of carbonyl (C=O) groups is 1. The third-order valence-electron chi connectivity index (χ3n) is 4.29. The molecule has 1 aromatic heterocycles. The quantitative estimate of drug-likeness (QED) is 0.651. The number of hydrogen-bond donors (Lipinski definition) is 2. The Hall–Kier alpha value is -3.08. The standard InChI is InChI=1S/C22H25N3O2/c1-15(2)13-19-22(23-20(26)14-16-7-5-4-6-8-16)21(25-24-19)17-9-11-18(27-3)12-10-17/h4-12,15H,13-14H2,1-3H3,(H,23,26)(H,24,25). The molecule has 0 radical (unpaired) electrons. The first-order chi connectivity index (χ1) is 13.1. The van der Waals surface area contributed by atoms with Gasteiger partial charge in [0, 0.05) is 5.56 Å². The molecule has 1 amide bonds. The molecule has 3 aromatic rings. The number of ether oxygens (including phenoxy) is 1. The topological polar surface area (TPSA) is 67.0 Å². The molecule has 3 rings (SSSR count). The van der Waals surface area contributed by atoms with Crippen molar-refractivity contribution in [1.29, 1.82) is 0 Å². The van der Waals surface area contributed by atoms with E-state index in [1.165, 1.54) is 0 Å². The summed E-state index contributed by atoms with van der Waals surface area (Å²) >= 11 is 0. The molecule has 0 aliphatic heterocycles. The van der Waals surface area contributed by atoms with E-state index in [1.54, 1.807) is 7.11 Å². The van der Waals surface area contributed by atoms with Crippen LogP contribution in [0.15, 0.2) is 54.6 Å². The smallest absolute Gasteiger partial charge is 0.228 e. The Morgan fingerprint density at radius 3 is 2.44 bits per heavy atom. The first-order valence-corrected chi connectivity index (χ1v) is 9.12. The Morgan fingerprint density at radius 2 is 1.81 bits per heavy atom. The zero-order valence-electron chi connectivity index (χ0n) is 16.0. The number of methoxy groups -OCH3 is 1. The van der Waals surface area contributed by atoms with Gasteiger partial charge in [-0.25, -0.2) is 0 Å². The van der Waals surface area contributed by atoms with Gasteiger partial charge in [0.1, 0.15) is 11.4 Å². The molecule has 0 aliphatic carbocycles. The van der Waals surface area contributed by atoms with E-state index in [1.807, 2.05) is 54.6 Å². The highest BCUT2D eigenvalue weighted by molar-refractivity contribution is 5.96. The third-order valence-corrected chi connectivity index (χ3v) is 4.29. The highest BCUT2D eigenvalue weighted by Crippen LogP contribution is 2.31. The van der Waals surface area contributed by atoms with Gasteiger partial charge in [0.05, 0.1) is 24.9 Å². The van der Waals surface area contributed by atoms with Gasteiger partial charge < -0.3 is 10.1 Å². The fraction of sp³-hybridized carbons (Fsp3) is 0.273. The van der Waals surface area contributed by atoms with Gasteiger partial charge in [0.25, 0.3) is 0 Å². The summed E-state index contributed by atoms with van der Waals surface area (Å²) < 4.78 is 5.23. The van der Waals surface area contributed by atoms with Crippen LogP contribution in [0.3, 0.4) is 0 Å². The minimum Gasteiger partial charge on any atom is -0.497 e. The van der Waals surface area contributed by atoms with Crippen LogP contribution >= 0.6 is 0 Å². The van der Waals surface area contributed by atoms with Crippen molar-refractivity contribution in [2.24, 2.45) is 5.92 Å².